The summed E-state index contributed by atoms with van der Waals surface area (Å²) in [7, 11) is 3.90. The lowest BCUT2D eigenvalue weighted by atomic mass is 10.2. The van der Waals surface area contributed by atoms with Crippen LogP contribution in [0.5, 0.6) is 5.75 Å². The Morgan fingerprint density at radius 1 is 1.00 bits per heavy atom. The Kier molecular flexibility index (Phi) is 4.74. The first-order valence-corrected chi connectivity index (χ1v) is 6.97. The second-order valence-corrected chi connectivity index (χ2v) is 5.38. The van der Waals surface area contributed by atoms with Crippen molar-refractivity contribution in [3.05, 3.63) is 65.2 Å². The van der Waals surface area contributed by atoms with E-state index in [2.05, 4.69) is 31.2 Å². The summed E-state index contributed by atoms with van der Waals surface area (Å²) in [6.07, 6.45) is 0. The van der Waals surface area contributed by atoms with E-state index in [1.807, 2.05) is 43.3 Å². The smallest absolute Gasteiger partial charge is 0.119 e. The van der Waals surface area contributed by atoms with E-state index in [0.717, 1.165) is 16.3 Å². The predicted molar refractivity (Wildman–Crippen MR) is 87.3 cm³/mol. The van der Waals surface area contributed by atoms with Crippen molar-refractivity contribution in [2.75, 3.05) is 14.1 Å². The molecule has 2 rings (SSSR count). The monoisotopic (exact) mass is 285 g/mol. The van der Waals surface area contributed by atoms with E-state index >= 15 is 0 Å². The van der Waals surface area contributed by atoms with E-state index in [-0.39, 0.29) is 0 Å². The number of hydrogen-bond donors (Lipinski definition) is 0. The highest BCUT2D eigenvalue weighted by Crippen LogP contribution is 2.15. The minimum Gasteiger partial charge on any atom is -0.489 e. The van der Waals surface area contributed by atoms with Crippen LogP contribution in [0, 0.1) is 6.92 Å². The summed E-state index contributed by atoms with van der Waals surface area (Å²) < 4.78 is 5.77. The normalized spacial score (nSPS) is 10.2. The topological polar surface area (TPSA) is 12.5 Å². The van der Waals surface area contributed by atoms with Crippen molar-refractivity contribution < 1.29 is 4.74 Å². The van der Waals surface area contributed by atoms with Crippen molar-refractivity contribution in [2.24, 2.45) is 0 Å². The van der Waals surface area contributed by atoms with Crippen LogP contribution in [0.25, 0.3) is 0 Å². The average Bonchev–Trinajstić information content (AvgIpc) is 2.46. The molecule has 3 heteroatoms. The number of rotatable bonds is 4. The van der Waals surface area contributed by atoms with Crippen LogP contribution in [0.3, 0.4) is 0 Å². The second-order valence-electron chi connectivity index (χ2n) is 5.00. The van der Waals surface area contributed by atoms with E-state index < -0.39 is 0 Å². The molecule has 0 spiro atoms. The third-order valence-corrected chi connectivity index (χ3v) is 3.63. The minimum absolute atomic E-state index is 0.581. The molecular formula is C17H19NOS. The number of ether oxygens (including phenoxy) is 1. The summed E-state index contributed by atoms with van der Waals surface area (Å²) in [6.45, 7) is 2.66. The van der Waals surface area contributed by atoms with Crippen LogP contribution in [-0.2, 0) is 6.61 Å². The Labute approximate surface area is 126 Å². The van der Waals surface area contributed by atoms with Crippen molar-refractivity contribution >= 4 is 17.2 Å². The van der Waals surface area contributed by atoms with Crippen LogP contribution in [0.15, 0.2) is 48.5 Å². The van der Waals surface area contributed by atoms with Gasteiger partial charge in [0.1, 0.15) is 17.3 Å². The lowest BCUT2D eigenvalue weighted by Gasteiger charge is -2.14. The third-order valence-electron chi connectivity index (χ3n) is 3.03. The minimum atomic E-state index is 0.581. The molecule has 0 aliphatic rings. The first-order valence-electron chi connectivity index (χ1n) is 6.56. The fourth-order valence-corrected chi connectivity index (χ4v) is 1.94. The molecule has 0 amide bonds. The first-order chi connectivity index (χ1) is 9.56. The molecule has 2 nitrogen and oxygen atoms in total. The molecule has 20 heavy (non-hydrogen) atoms. The van der Waals surface area contributed by atoms with E-state index in [1.54, 1.807) is 0 Å². The van der Waals surface area contributed by atoms with Crippen molar-refractivity contribution in [1.29, 1.82) is 0 Å². The van der Waals surface area contributed by atoms with Gasteiger partial charge in [0.05, 0.1) is 0 Å². The van der Waals surface area contributed by atoms with E-state index in [0.29, 0.717) is 6.61 Å². The van der Waals surface area contributed by atoms with Crippen molar-refractivity contribution in [1.82, 2.24) is 4.90 Å². The fourth-order valence-electron chi connectivity index (χ4n) is 1.80. The first kappa shape index (κ1) is 14.5. The standard InChI is InChI=1S/C17H19NOS/c1-13-4-6-14(7-5-13)12-19-16-10-8-15(9-11-16)17(20)18(2)3/h4-11H,12H2,1-3H3. The molecule has 0 aliphatic heterocycles. The van der Waals surface area contributed by atoms with Crippen molar-refractivity contribution in [3.8, 4) is 5.75 Å². The molecule has 0 aromatic heterocycles. The Balaban J connectivity index is 1.97. The van der Waals surface area contributed by atoms with Gasteiger partial charge in [0.2, 0.25) is 0 Å². The molecule has 0 bridgehead atoms. The summed E-state index contributed by atoms with van der Waals surface area (Å²) in [5.41, 5.74) is 3.46. The SMILES string of the molecule is Cc1ccc(COc2ccc(C(=S)N(C)C)cc2)cc1. The second kappa shape index (κ2) is 6.53. The number of aryl methyl sites for hydroxylation is 1. The zero-order valence-electron chi connectivity index (χ0n) is 12.1. The van der Waals surface area contributed by atoms with Gasteiger partial charge in [0.25, 0.3) is 0 Å². The summed E-state index contributed by atoms with van der Waals surface area (Å²) in [6, 6.07) is 16.3. The van der Waals surface area contributed by atoms with Gasteiger partial charge < -0.3 is 9.64 Å². The molecule has 0 N–H and O–H groups in total. The maximum absolute atomic E-state index is 5.77. The lowest BCUT2D eigenvalue weighted by Crippen LogP contribution is -2.20. The van der Waals surface area contributed by atoms with Gasteiger partial charge in [0, 0.05) is 19.7 Å². The zero-order chi connectivity index (χ0) is 14.5. The van der Waals surface area contributed by atoms with Gasteiger partial charge in [0.15, 0.2) is 0 Å². The highest BCUT2D eigenvalue weighted by molar-refractivity contribution is 7.80. The Morgan fingerprint density at radius 3 is 2.15 bits per heavy atom. The molecule has 2 aromatic rings. The number of benzene rings is 2. The van der Waals surface area contributed by atoms with Gasteiger partial charge in [-0.3, -0.25) is 0 Å². The molecule has 0 saturated heterocycles. The number of hydrogen-bond acceptors (Lipinski definition) is 2. The van der Waals surface area contributed by atoms with Crippen molar-refractivity contribution in [3.63, 3.8) is 0 Å². The Bertz CT molecular complexity index is 573. The van der Waals surface area contributed by atoms with Crippen LogP contribution in [0.2, 0.25) is 0 Å². The Morgan fingerprint density at radius 2 is 1.60 bits per heavy atom. The fraction of sp³-hybridized carbons (Fsp3) is 0.235. The maximum Gasteiger partial charge on any atom is 0.119 e. The molecule has 0 heterocycles. The average molecular weight is 285 g/mol. The number of thiocarbonyl (C=S) groups is 1. The largest absolute Gasteiger partial charge is 0.489 e. The summed E-state index contributed by atoms with van der Waals surface area (Å²) in [5, 5.41) is 0. The van der Waals surface area contributed by atoms with Crippen LogP contribution in [-0.4, -0.2) is 24.0 Å². The number of nitrogens with zero attached hydrogens (tertiary/aromatic N) is 1. The molecular weight excluding hydrogens is 266 g/mol. The van der Waals surface area contributed by atoms with Gasteiger partial charge in [-0.25, -0.2) is 0 Å². The molecule has 2 aromatic carbocycles. The van der Waals surface area contributed by atoms with E-state index in [4.69, 9.17) is 17.0 Å². The third kappa shape index (κ3) is 3.81. The zero-order valence-corrected chi connectivity index (χ0v) is 12.9. The Hall–Kier alpha value is -1.87. The van der Waals surface area contributed by atoms with Gasteiger partial charge in [-0.05, 0) is 36.8 Å². The van der Waals surface area contributed by atoms with Gasteiger partial charge >= 0.3 is 0 Å². The van der Waals surface area contributed by atoms with Crippen molar-refractivity contribution in [2.45, 2.75) is 13.5 Å². The molecule has 0 saturated carbocycles. The highest BCUT2D eigenvalue weighted by Gasteiger charge is 2.03. The summed E-state index contributed by atoms with van der Waals surface area (Å²) in [5.74, 6) is 0.857. The van der Waals surface area contributed by atoms with Gasteiger partial charge in [-0.2, -0.15) is 0 Å². The molecule has 0 fully saturated rings. The predicted octanol–water partition coefficient (Wildman–Crippen LogP) is 3.81. The molecule has 104 valence electrons. The lowest BCUT2D eigenvalue weighted by molar-refractivity contribution is 0.306. The summed E-state index contributed by atoms with van der Waals surface area (Å²) in [4.78, 5) is 2.76. The molecule has 0 aliphatic carbocycles. The van der Waals surface area contributed by atoms with Crippen LogP contribution in [0.4, 0.5) is 0 Å². The van der Waals surface area contributed by atoms with E-state index in [9.17, 15) is 0 Å². The van der Waals surface area contributed by atoms with Crippen LogP contribution >= 0.6 is 12.2 Å². The maximum atomic E-state index is 5.77. The molecule has 0 atom stereocenters. The van der Waals surface area contributed by atoms with Gasteiger partial charge in [-0.1, -0.05) is 42.0 Å². The van der Waals surface area contributed by atoms with Gasteiger partial charge in [-0.15, -0.1) is 0 Å². The highest BCUT2D eigenvalue weighted by atomic mass is 32.1. The molecule has 0 radical (unpaired) electrons. The quantitative estimate of drug-likeness (QED) is 0.793. The molecule has 0 unspecified atom stereocenters. The van der Waals surface area contributed by atoms with Crippen LogP contribution < -0.4 is 4.74 Å². The van der Waals surface area contributed by atoms with E-state index in [1.165, 1.54) is 11.1 Å². The van der Waals surface area contributed by atoms with Crippen LogP contribution in [0.1, 0.15) is 16.7 Å². The summed E-state index contributed by atoms with van der Waals surface area (Å²) >= 11 is 5.33.